The molecule has 1 amide bonds. The van der Waals surface area contributed by atoms with E-state index in [1.165, 1.54) is 6.07 Å². The highest BCUT2D eigenvalue weighted by molar-refractivity contribution is 5.87. The van der Waals surface area contributed by atoms with E-state index in [0.717, 1.165) is 11.1 Å². The van der Waals surface area contributed by atoms with Crippen LogP contribution in [0.15, 0.2) is 78.9 Å². The fourth-order valence-corrected chi connectivity index (χ4v) is 2.37. The van der Waals surface area contributed by atoms with Crippen LogP contribution in [-0.2, 0) is 18.0 Å². The Morgan fingerprint density at radius 2 is 1.42 bits per heavy atom. The largest absolute Gasteiger partial charge is 0.504 e. The third kappa shape index (κ3) is 4.77. The van der Waals surface area contributed by atoms with Crippen molar-refractivity contribution in [2.45, 2.75) is 13.2 Å². The summed E-state index contributed by atoms with van der Waals surface area (Å²) >= 11 is 0. The minimum absolute atomic E-state index is 0.0539. The number of ether oxygens (including phenoxy) is 2. The standard InChI is InChI=1S/C21H19NO4/c23-19-13-7-12-18(20(19)25-14-16-8-3-1-4-9-16)22-21(24)26-15-17-10-5-2-6-11-17/h1-13,23H,14-15H2,(H,22,24). The monoisotopic (exact) mass is 349 g/mol. The Morgan fingerprint density at radius 1 is 0.808 bits per heavy atom. The summed E-state index contributed by atoms with van der Waals surface area (Å²) in [7, 11) is 0. The average molecular weight is 349 g/mol. The number of nitrogens with one attached hydrogen (secondary N) is 1. The van der Waals surface area contributed by atoms with Crippen LogP contribution >= 0.6 is 0 Å². The summed E-state index contributed by atoms with van der Waals surface area (Å²) in [6.07, 6.45) is -0.621. The highest BCUT2D eigenvalue weighted by Crippen LogP contribution is 2.35. The highest BCUT2D eigenvalue weighted by atomic mass is 16.5. The summed E-state index contributed by atoms with van der Waals surface area (Å²) in [6, 6.07) is 23.7. The van der Waals surface area contributed by atoms with Crippen LogP contribution in [0.5, 0.6) is 11.5 Å². The molecule has 0 heterocycles. The number of hydrogen-bond donors (Lipinski definition) is 2. The number of hydrogen-bond acceptors (Lipinski definition) is 4. The van der Waals surface area contributed by atoms with Crippen LogP contribution in [0.25, 0.3) is 0 Å². The second kappa shape index (κ2) is 8.58. The molecule has 132 valence electrons. The number of benzene rings is 3. The van der Waals surface area contributed by atoms with Gasteiger partial charge in [0.15, 0.2) is 11.5 Å². The third-order valence-electron chi connectivity index (χ3n) is 3.67. The summed E-state index contributed by atoms with van der Waals surface area (Å²) in [5.74, 6) is 0.148. The van der Waals surface area contributed by atoms with Crippen molar-refractivity contribution < 1.29 is 19.4 Å². The van der Waals surface area contributed by atoms with Gasteiger partial charge in [-0.1, -0.05) is 66.7 Å². The lowest BCUT2D eigenvalue weighted by molar-refractivity contribution is 0.155. The molecular formula is C21H19NO4. The summed E-state index contributed by atoms with van der Waals surface area (Å²) in [4.78, 5) is 12.1. The van der Waals surface area contributed by atoms with E-state index in [0.29, 0.717) is 5.69 Å². The molecule has 0 atom stereocenters. The van der Waals surface area contributed by atoms with Crippen LogP contribution in [0.3, 0.4) is 0 Å². The molecule has 3 aromatic carbocycles. The lowest BCUT2D eigenvalue weighted by atomic mass is 10.2. The number of carbonyl (C=O) groups is 1. The molecule has 0 spiro atoms. The Labute approximate surface area is 151 Å². The average Bonchev–Trinajstić information content (AvgIpc) is 2.67. The molecule has 0 radical (unpaired) electrons. The van der Waals surface area contributed by atoms with Crippen LogP contribution in [0, 0.1) is 0 Å². The topological polar surface area (TPSA) is 67.8 Å². The zero-order valence-corrected chi connectivity index (χ0v) is 14.1. The molecule has 0 saturated heterocycles. The van der Waals surface area contributed by atoms with Gasteiger partial charge in [0.1, 0.15) is 13.2 Å². The number of rotatable bonds is 6. The van der Waals surface area contributed by atoms with E-state index in [1.807, 2.05) is 60.7 Å². The van der Waals surface area contributed by atoms with E-state index in [9.17, 15) is 9.90 Å². The van der Waals surface area contributed by atoms with Crippen molar-refractivity contribution in [3.8, 4) is 11.5 Å². The molecular weight excluding hydrogens is 330 g/mol. The number of carbonyl (C=O) groups excluding carboxylic acids is 1. The quantitative estimate of drug-likeness (QED) is 0.676. The Balaban J connectivity index is 1.63. The van der Waals surface area contributed by atoms with Crippen LogP contribution < -0.4 is 10.1 Å². The van der Waals surface area contributed by atoms with Crippen LogP contribution in [0.4, 0.5) is 10.5 Å². The maximum atomic E-state index is 12.1. The van der Waals surface area contributed by atoms with Crippen molar-refractivity contribution in [2.75, 3.05) is 5.32 Å². The summed E-state index contributed by atoms with van der Waals surface area (Å²) in [5, 5.41) is 12.7. The van der Waals surface area contributed by atoms with Gasteiger partial charge in [0.25, 0.3) is 0 Å². The summed E-state index contributed by atoms with van der Waals surface area (Å²) in [6.45, 7) is 0.428. The van der Waals surface area contributed by atoms with E-state index in [1.54, 1.807) is 12.1 Å². The van der Waals surface area contributed by atoms with Gasteiger partial charge >= 0.3 is 6.09 Å². The van der Waals surface area contributed by atoms with Crippen molar-refractivity contribution in [1.82, 2.24) is 0 Å². The Hall–Kier alpha value is -3.47. The first-order chi connectivity index (χ1) is 12.7. The van der Waals surface area contributed by atoms with Gasteiger partial charge < -0.3 is 14.6 Å². The first-order valence-electron chi connectivity index (χ1n) is 8.19. The lowest BCUT2D eigenvalue weighted by Gasteiger charge is -2.14. The zero-order chi connectivity index (χ0) is 18.2. The lowest BCUT2D eigenvalue weighted by Crippen LogP contribution is -2.14. The van der Waals surface area contributed by atoms with Gasteiger partial charge in [0, 0.05) is 0 Å². The molecule has 5 nitrogen and oxygen atoms in total. The maximum Gasteiger partial charge on any atom is 0.412 e. The molecule has 3 aromatic rings. The first kappa shape index (κ1) is 17.4. The normalized spacial score (nSPS) is 10.2. The van der Waals surface area contributed by atoms with Gasteiger partial charge in [-0.3, -0.25) is 5.32 Å². The maximum absolute atomic E-state index is 12.1. The smallest absolute Gasteiger partial charge is 0.412 e. The predicted molar refractivity (Wildman–Crippen MR) is 99.1 cm³/mol. The van der Waals surface area contributed by atoms with E-state index < -0.39 is 6.09 Å². The number of phenolic OH excluding ortho intramolecular Hbond substituents is 1. The van der Waals surface area contributed by atoms with E-state index in [4.69, 9.17) is 9.47 Å². The van der Waals surface area contributed by atoms with Gasteiger partial charge in [-0.2, -0.15) is 0 Å². The molecule has 0 bridgehead atoms. The molecule has 26 heavy (non-hydrogen) atoms. The molecule has 0 unspecified atom stereocenters. The SMILES string of the molecule is O=C(Nc1cccc(O)c1OCc1ccccc1)OCc1ccccc1. The van der Waals surface area contributed by atoms with Crippen LogP contribution in [-0.4, -0.2) is 11.2 Å². The Morgan fingerprint density at radius 3 is 2.08 bits per heavy atom. The predicted octanol–water partition coefficient (Wildman–Crippen LogP) is 4.72. The van der Waals surface area contributed by atoms with Crippen molar-refractivity contribution >= 4 is 11.8 Å². The number of amides is 1. The Bertz CT molecular complexity index is 850. The zero-order valence-electron chi connectivity index (χ0n) is 14.1. The van der Waals surface area contributed by atoms with Crippen LogP contribution in [0.2, 0.25) is 0 Å². The molecule has 0 saturated carbocycles. The molecule has 2 N–H and O–H groups in total. The molecule has 0 aliphatic carbocycles. The molecule has 0 aliphatic heterocycles. The number of phenols is 1. The third-order valence-corrected chi connectivity index (χ3v) is 3.67. The molecule has 3 rings (SSSR count). The van der Waals surface area contributed by atoms with Gasteiger partial charge in [-0.05, 0) is 23.3 Å². The first-order valence-corrected chi connectivity index (χ1v) is 8.19. The fraction of sp³-hybridized carbons (Fsp3) is 0.0952. The fourth-order valence-electron chi connectivity index (χ4n) is 2.37. The molecule has 0 aliphatic rings. The summed E-state index contributed by atoms with van der Waals surface area (Å²) in [5.41, 5.74) is 2.19. The second-order valence-electron chi connectivity index (χ2n) is 5.61. The molecule has 5 heteroatoms. The van der Waals surface area contributed by atoms with Gasteiger partial charge in [0.2, 0.25) is 0 Å². The second-order valence-corrected chi connectivity index (χ2v) is 5.61. The van der Waals surface area contributed by atoms with Crippen LogP contribution in [0.1, 0.15) is 11.1 Å². The number of anilines is 1. The minimum Gasteiger partial charge on any atom is -0.504 e. The van der Waals surface area contributed by atoms with Crippen molar-refractivity contribution in [1.29, 1.82) is 0 Å². The van der Waals surface area contributed by atoms with Crippen molar-refractivity contribution in [3.05, 3.63) is 90.0 Å². The number of aromatic hydroxyl groups is 1. The van der Waals surface area contributed by atoms with Gasteiger partial charge in [-0.25, -0.2) is 4.79 Å². The minimum atomic E-state index is -0.621. The Kier molecular flexibility index (Phi) is 5.72. The van der Waals surface area contributed by atoms with Crippen molar-refractivity contribution in [3.63, 3.8) is 0 Å². The van der Waals surface area contributed by atoms with Crippen molar-refractivity contribution in [2.24, 2.45) is 0 Å². The van der Waals surface area contributed by atoms with E-state index in [-0.39, 0.29) is 24.7 Å². The molecule has 0 fully saturated rings. The van der Waals surface area contributed by atoms with Gasteiger partial charge in [0.05, 0.1) is 5.69 Å². The van der Waals surface area contributed by atoms with Gasteiger partial charge in [-0.15, -0.1) is 0 Å². The van der Waals surface area contributed by atoms with E-state index in [2.05, 4.69) is 5.32 Å². The summed E-state index contributed by atoms with van der Waals surface area (Å²) < 4.78 is 10.9. The van der Waals surface area contributed by atoms with E-state index >= 15 is 0 Å². The highest BCUT2D eigenvalue weighted by Gasteiger charge is 2.13. The molecule has 0 aromatic heterocycles. The number of para-hydroxylation sites is 1.